The van der Waals surface area contributed by atoms with E-state index in [1.165, 1.54) is 0 Å². The highest BCUT2D eigenvalue weighted by atomic mass is 16.2. The maximum atomic E-state index is 12.9. The Morgan fingerprint density at radius 3 is 2.91 bits per heavy atom. The van der Waals surface area contributed by atoms with Crippen molar-refractivity contribution in [2.45, 2.75) is 31.3 Å². The van der Waals surface area contributed by atoms with Crippen molar-refractivity contribution in [2.75, 3.05) is 13.1 Å². The number of hydrogen-bond donors (Lipinski definition) is 1. The molecule has 2 aliphatic heterocycles. The minimum Gasteiger partial charge on any atom is -0.331 e. The Balaban J connectivity index is 1.57. The lowest BCUT2D eigenvalue weighted by molar-refractivity contribution is 0.0680. The summed E-state index contributed by atoms with van der Waals surface area (Å²) >= 11 is 0. The lowest BCUT2D eigenvalue weighted by Crippen LogP contribution is -2.42. The second-order valence-electron chi connectivity index (χ2n) is 5.97. The zero-order valence-electron chi connectivity index (χ0n) is 12.4. The van der Waals surface area contributed by atoms with Gasteiger partial charge in [-0.05, 0) is 37.9 Å². The standard InChI is InChI=1S/C16H19N5O/c22-16(21-13-2-3-14(21)10-17-6-5-13)12-1-4-15(19-9-12)20-8-7-18-11-20/h1,4,7-9,11,13-14,17H,2-3,5-6,10H2. The van der Waals surface area contributed by atoms with Gasteiger partial charge in [-0.3, -0.25) is 9.36 Å². The number of amides is 1. The summed E-state index contributed by atoms with van der Waals surface area (Å²) in [7, 11) is 0. The molecule has 6 nitrogen and oxygen atoms in total. The maximum Gasteiger partial charge on any atom is 0.255 e. The molecule has 22 heavy (non-hydrogen) atoms. The SMILES string of the molecule is O=C(c1ccc(-n2ccnc2)nc1)N1C2CCNCC1CC2. The van der Waals surface area contributed by atoms with E-state index in [0.29, 0.717) is 17.6 Å². The average molecular weight is 297 g/mol. The van der Waals surface area contributed by atoms with E-state index in [-0.39, 0.29) is 5.91 Å². The summed E-state index contributed by atoms with van der Waals surface area (Å²) in [6.07, 6.45) is 10.2. The molecular formula is C16H19N5O. The van der Waals surface area contributed by atoms with Gasteiger partial charge in [0.2, 0.25) is 0 Å². The highest BCUT2D eigenvalue weighted by Gasteiger charge is 2.38. The summed E-state index contributed by atoms with van der Waals surface area (Å²) in [6.45, 7) is 1.91. The number of imidazole rings is 1. The Kier molecular flexibility index (Phi) is 3.38. The van der Waals surface area contributed by atoms with E-state index in [1.54, 1.807) is 18.7 Å². The zero-order chi connectivity index (χ0) is 14.9. The van der Waals surface area contributed by atoms with Crippen molar-refractivity contribution in [2.24, 2.45) is 0 Å². The highest BCUT2D eigenvalue weighted by molar-refractivity contribution is 5.94. The highest BCUT2D eigenvalue weighted by Crippen LogP contribution is 2.29. The van der Waals surface area contributed by atoms with Gasteiger partial charge in [0.05, 0.1) is 5.56 Å². The number of hydrogen-bond acceptors (Lipinski definition) is 4. The van der Waals surface area contributed by atoms with E-state index in [2.05, 4.69) is 20.2 Å². The molecule has 2 aromatic rings. The van der Waals surface area contributed by atoms with Crippen molar-refractivity contribution in [1.82, 2.24) is 24.8 Å². The smallest absolute Gasteiger partial charge is 0.255 e. The molecular weight excluding hydrogens is 278 g/mol. The van der Waals surface area contributed by atoms with Gasteiger partial charge in [0.15, 0.2) is 0 Å². The number of fused-ring (bicyclic) bond motifs is 2. The molecule has 1 amide bonds. The van der Waals surface area contributed by atoms with Crippen LogP contribution in [-0.2, 0) is 0 Å². The first kappa shape index (κ1) is 13.5. The summed E-state index contributed by atoms with van der Waals surface area (Å²) in [4.78, 5) is 23.3. The van der Waals surface area contributed by atoms with Gasteiger partial charge in [-0.15, -0.1) is 0 Å². The first-order valence-corrected chi connectivity index (χ1v) is 7.81. The van der Waals surface area contributed by atoms with Crippen LogP contribution in [0.1, 0.15) is 29.6 Å². The van der Waals surface area contributed by atoms with Crippen molar-refractivity contribution < 1.29 is 4.79 Å². The summed E-state index contributed by atoms with van der Waals surface area (Å²) in [6, 6.07) is 4.43. The van der Waals surface area contributed by atoms with E-state index in [9.17, 15) is 4.79 Å². The van der Waals surface area contributed by atoms with Gasteiger partial charge < -0.3 is 10.2 Å². The van der Waals surface area contributed by atoms with Crippen LogP contribution in [0.15, 0.2) is 37.1 Å². The molecule has 4 heterocycles. The topological polar surface area (TPSA) is 63.1 Å². The van der Waals surface area contributed by atoms with E-state index in [1.807, 2.05) is 22.9 Å². The van der Waals surface area contributed by atoms with Crippen LogP contribution >= 0.6 is 0 Å². The van der Waals surface area contributed by atoms with E-state index in [0.717, 1.165) is 38.2 Å². The predicted octanol–water partition coefficient (Wildman–Crippen LogP) is 1.23. The van der Waals surface area contributed by atoms with Crippen molar-refractivity contribution in [3.63, 3.8) is 0 Å². The second-order valence-corrected chi connectivity index (χ2v) is 5.97. The van der Waals surface area contributed by atoms with E-state index < -0.39 is 0 Å². The van der Waals surface area contributed by atoms with Gasteiger partial charge in [0.25, 0.3) is 5.91 Å². The van der Waals surface area contributed by atoms with Crippen LogP contribution in [-0.4, -0.2) is 50.5 Å². The van der Waals surface area contributed by atoms with Crippen molar-refractivity contribution in [1.29, 1.82) is 0 Å². The van der Waals surface area contributed by atoms with Crippen molar-refractivity contribution >= 4 is 5.91 Å². The molecule has 0 radical (unpaired) electrons. The van der Waals surface area contributed by atoms with E-state index >= 15 is 0 Å². The molecule has 4 rings (SSSR count). The van der Waals surface area contributed by atoms with Crippen LogP contribution in [0.4, 0.5) is 0 Å². The zero-order valence-corrected chi connectivity index (χ0v) is 12.4. The first-order valence-electron chi connectivity index (χ1n) is 7.81. The Labute approximate surface area is 129 Å². The molecule has 0 saturated carbocycles. The average Bonchev–Trinajstić information content (AvgIpc) is 3.14. The van der Waals surface area contributed by atoms with Gasteiger partial charge in [-0.2, -0.15) is 0 Å². The number of nitrogens with one attached hydrogen (secondary N) is 1. The molecule has 1 N–H and O–H groups in total. The quantitative estimate of drug-likeness (QED) is 0.906. The molecule has 2 fully saturated rings. The fraction of sp³-hybridized carbons (Fsp3) is 0.438. The first-order chi connectivity index (χ1) is 10.8. The van der Waals surface area contributed by atoms with Gasteiger partial charge in [0.1, 0.15) is 12.1 Å². The third-order valence-corrected chi connectivity index (χ3v) is 4.65. The number of rotatable bonds is 2. The molecule has 2 atom stereocenters. The summed E-state index contributed by atoms with van der Waals surface area (Å²) in [5.41, 5.74) is 0.669. The van der Waals surface area contributed by atoms with Crippen molar-refractivity contribution in [3.05, 3.63) is 42.6 Å². The minimum atomic E-state index is 0.112. The lowest BCUT2D eigenvalue weighted by atomic mass is 10.1. The maximum absolute atomic E-state index is 12.9. The molecule has 2 bridgehead atoms. The number of nitrogens with zero attached hydrogens (tertiary/aromatic N) is 4. The molecule has 2 aliphatic rings. The number of carbonyl (C=O) groups excluding carboxylic acids is 1. The van der Waals surface area contributed by atoms with E-state index in [4.69, 9.17) is 0 Å². The predicted molar refractivity (Wildman–Crippen MR) is 81.8 cm³/mol. The van der Waals surface area contributed by atoms with Crippen LogP contribution in [0.2, 0.25) is 0 Å². The fourth-order valence-corrected chi connectivity index (χ4v) is 3.52. The Hall–Kier alpha value is -2.21. The molecule has 114 valence electrons. The molecule has 6 heteroatoms. The third kappa shape index (κ3) is 2.29. The Bertz CT molecular complexity index is 638. The molecule has 2 unspecified atom stereocenters. The number of aromatic nitrogens is 3. The monoisotopic (exact) mass is 297 g/mol. The summed E-state index contributed by atoms with van der Waals surface area (Å²) in [5.74, 6) is 0.885. The Morgan fingerprint density at radius 1 is 1.23 bits per heavy atom. The molecule has 0 aromatic carbocycles. The molecule has 2 saturated heterocycles. The van der Waals surface area contributed by atoms with Crippen LogP contribution in [0.3, 0.4) is 0 Å². The second kappa shape index (κ2) is 5.53. The van der Waals surface area contributed by atoms with Crippen LogP contribution in [0.5, 0.6) is 0 Å². The fourth-order valence-electron chi connectivity index (χ4n) is 3.52. The summed E-state index contributed by atoms with van der Waals surface area (Å²) in [5, 5.41) is 3.42. The van der Waals surface area contributed by atoms with Gasteiger partial charge in [-0.25, -0.2) is 9.97 Å². The van der Waals surface area contributed by atoms with Gasteiger partial charge in [0, 0.05) is 37.2 Å². The lowest BCUT2D eigenvalue weighted by Gasteiger charge is -2.27. The van der Waals surface area contributed by atoms with Crippen LogP contribution < -0.4 is 5.32 Å². The van der Waals surface area contributed by atoms with Gasteiger partial charge >= 0.3 is 0 Å². The summed E-state index contributed by atoms with van der Waals surface area (Å²) < 4.78 is 1.83. The third-order valence-electron chi connectivity index (χ3n) is 4.65. The molecule has 0 aliphatic carbocycles. The normalized spacial score (nSPS) is 24.3. The molecule has 0 spiro atoms. The van der Waals surface area contributed by atoms with Crippen molar-refractivity contribution in [3.8, 4) is 5.82 Å². The Morgan fingerprint density at radius 2 is 2.14 bits per heavy atom. The van der Waals surface area contributed by atoms with Gasteiger partial charge in [-0.1, -0.05) is 0 Å². The molecule has 2 aromatic heterocycles. The minimum absolute atomic E-state index is 0.112. The van der Waals surface area contributed by atoms with Crippen LogP contribution in [0, 0.1) is 0 Å². The largest absolute Gasteiger partial charge is 0.331 e. The number of pyridine rings is 1. The van der Waals surface area contributed by atoms with Crippen LogP contribution in [0.25, 0.3) is 5.82 Å². The number of carbonyl (C=O) groups is 1.